The minimum Gasteiger partial charge on any atom is -0.0686 e. The molecule has 0 aliphatic heterocycles. The summed E-state index contributed by atoms with van der Waals surface area (Å²) in [6.07, 6.45) is 10.1. The minimum absolute atomic E-state index is 0.431. The van der Waals surface area contributed by atoms with Gasteiger partial charge in [-0.1, -0.05) is 30.7 Å². The summed E-state index contributed by atoms with van der Waals surface area (Å²) in [6.45, 7) is 11.0. The van der Waals surface area contributed by atoms with Gasteiger partial charge in [0.15, 0.2) is 0 Å². The molecule has 2 rings (SSSR count). The number of hydrogen-bond acceptors (Lipinski definition) is 0. The van der Waals surface area contributed by atoms with Crippen molar-refractivity contribution in [2.75, 3.05) is 0 Å². The van der Waals surface area contributed by atoms with Crippen LogP contribution >= 0.6 is 0 Å². The third-order valence-electron chi connectivity index (χ3n) is 3.48. The van der Waals surface area contributed by atoms with Crippen molar-refractivity contribution in [3.8, 4) is 0 Å². The first-order valence-electron chi connectivity index (χ1n) is 5.90. The van der Waals surface area contributed by atoms with Gasteiger partial charge in [-0.2, -0.15) is 0 Å². The zero-order valence-electron chi connectivity index (χ0n) is 10.8. The monoisotopic (exact) mass is 211 g/mol. The quantitative estimate of drug-likeness (QED) is 0.597. The molecule has 0 spiro atoms. The van der Waals surface area contributed by atoms with E-state index in [4.69, 9.17) is 0 Å². The van der Waals surface area contributed by atoms with Crippen LogP contribution in [0.15, 0.2) is 51.7 Å². The van der Waals surface area contributed by atoms with E-state index in [1.54, 1.807) is 0 Å². The van der Waals surface area contributed by atoms with E-state index in [2.05, 4.69) is 58.9 Å². The van der Waals surface area contributed by atoms with Crippen molar-refractivity contribution in [1.29, 1.82) is 0 Å². The SMILES string of the molecule is CC1=[C]C(C)C(C2=CC=CC2=C(C)C)=C1C. The van der Waals surface area contributed by atoms with Crippen LogP contribution in [0, 0.1) is 12.0 Å². The van der Waals surface area contributed by atoms with Gasteiger partial charge >= 0.3 is 0 Å². The van der Waals surface area contributed by atoms with Gasteiger partial charge < -0.3 is 0 Å². The molecule has 0 amide bonds. The first-order valence-corrected chi connectivity index (χ1v) is 5.90. The van der Waals surface area contributed by atoms with Crippen molar-refractivity contribution >= 4 is 0 Å². The highest BCUT2D eigenvalue weighted by atomic mass is 14.3. The summed E-state index contributed by atoms with van der Waals surface area (Å²) in [5.41, 5.74) is 8.34. The average molecular weight is 211 g/mol. The Labute approximate surface area is 98.8 Å². The van der Waals surface area contributed by atoms with Gasteiger partial charge in [0.2, 0.25) is 0 Å². The van der Waals surface area contributed by atoms with Crippen LogP contribution in [0.1, 0.15) is 34.6 Å². The van der Waals surface area contributed by atoms with E-state index >= 15 is 0 Å². The number of hydrogen-bond donors (Lipinski definition) is 0. The van der Waals surface area contributed by atoms with E-state index < -0.39 is 0 Å². The zero-order chi connectivity index (χ0) is 11.9. The molecule has 0 N–H and O–H groups in total. The Hall–Kier alpha value is -1.30. The first kappa shape index (κ1) is 11.2. The van der Waals surface area contributed by atoms with Crippen LogP contribution in [0.5, 0.6) is 0 Å². The maximum Gasteiger partial charge on any atom is 0.00756 e. The maximum atomic E-state index is 3.50. The Morgan fingerprint density at radius 3 is 2.44 bits per heavy atom. The second kappa shape index (κ2) is 3.93. The molecule has 16 heavy (non-hydrogen) atoms. The van der Waals surface area contributed by atoms with Gasteiger partial charge in [-0.25, -0.2) is 0 Å². The fourth-order valence-corrected chi connectivity index (χ4v) is 2.56. The second-order valence-electron chi connectivity index (χ2n) is 4.88. The standard InChI is InChI=1S/C16H19/c1-10(2)14-7-6-8-15(14)16-12(4)9-11(3)13(16)5/h6-8,12H,1-5H3. The molecular weight excluding hydrogens is 192 g/mol. The lowest BCUT2D eigenvalue weighted by molar-refractivity contribution is 0.864. The van der Waals surface area contributed by atoms with Crippen molar-refractivity contribution < 1.29 is 0 Å². The Morgan fingerprint density at radius 2 is 1.94 bits per heavy atom. The summed E-state index contributed by atoms with van der Waals surface area (Å²) in [4.78, 5) is 0. The fourth-order valence-electron chi connectivity index (χ4n) is 2.56. The minimum atomic E-state index is 0.431. The normalized spacial score (nSPS) is 24.1. The molecule has 2 aliphatic carbocycles. The summed E-state index contributed by atoms with van der Waals surface area (Å²) in [5.74, 6) is 0.431. The van der Waals surface area contributed by atoms with Crippen molar-refractivity contribution in [3.05, 3.63) is 57.7 Å². The molecule has 0 heteroatoms. The molecule has 0 bridgehead atoms. The van der Waals surface area contributed by atoms with Crippen LogP contribution in [0.2, 0.25) is 0 Å². The molecule has 0 saturated heterocycles. The van der Waals surface area contributed by atoms with E-state index in [-0.39, 0.29) is 0 Å². The van der Waals surface area contributed by atoms with E-state index in [0.717, 1.165) is 0 Å². The molecule has 0 aromatic rings. The van der Waals surface area contributed by atoms with Gasteiger partial charge in [-0.3, -0.25) is 0 Å². The lowest BCUT2D eigenvalue weighted by Gasteiger charge is -2.15. The number of rotatable bonds is 1. The predicted molar refractivity (Wildman–Crippen MR) is 69.9 cm³/mol. The third-order valence-corrected chi connectivity index (χ3v) is 3.48. The van der Waals surface area contributed by atoms with E-state index in [9.17, 15) is 0 Å². The fraction of sp³-hybridized carbons (Fsp3) is 0.375. The molecule has 0 nitrogen and oxygen atoms in total. The van der Waals surface area contributed by atoms with Crippen molar-refractivity contribution in [2.24, 2.45) is 5.92 Å². The Bertz CT molecular complexity index is 472. The van der Waals surface area contributed by atoms with Gasteiger partial charge in [0.05, 0.1) is 0 Å². The van der Waals surface area contributed by atoms with Gasteiger partial charge in [-0.15, -0.1) is 0 Å². The molecule has 1 radical (unpaired) electrons. The topological polar surface area (TPSA) is 0 Å². The van der Waals surface area contributed by atoms with Crippen LogP contribution in [0.25, 0.3) is 0 Å². The Balaban J connectivity index is 2.47. The summed E-state index contributed by atoms with van der Waals surface area (Å²) in [7, 11) is 0. The molecular formula is C16H19. The number of allylic oxidation sites excluding steroid dienone is 10. The molecule has 83 valence electrons. The molecule has 1 atom stereocenters. The van der Waals surface area contributed by atoms with E-state index in [0.29, 0.717) is 5.92 Å². The van der Waals surface area contributed by atoms with Gasteiger partial charge in [-0.05, 0) is 61.6 Å². The van der Waals surface area contributed by atoms with Crippen LogP contribution in [0.4, 0.5) is 0 Å². The summed E-state index contributed by atoms with van der Waals surface area (Å²) in [6, 6.07) is 0. The molecule has 0 saturated carbocycles. The Morgan fingerprint density at radius 1 is 1.25 bits per heavy atom. The second-order valence-corrected chi connectivity index (χ2v) is 4.88. The van der Waals surface area contributed by atoms with Crippen LogP contribution in [-0.2, 0) is 0 Å². The lowest BCUT2D eigenvalue weighted by Crippen LogP contribution is -1.99. The third kappa shape index (κ3) is 1.63. The molecule has 0 fully saturated rings. The van der Waals surface area contributed by atoms with Gasteiger partial charge in [0.1, 0.15) is 0 Å². The average Bonchev–Trinajstić information content (AvgIpc) is 2.73. The van der Waals surface area contributed by atoms with Crippen LogP contribution < -0.4 is 0 Å². The highest BCUT2D eigenvalue weighted by Gasteiger charge is 2.24. The highest BCUT2D eigenvalue weighted by molar-refractivity contribution is 5.64. The van der Waals surface area contributed by atoms with Crippen LogP contribution in [-0.4, -0.2) is 0 Å². The molecule has 1 unspecified atom stereocenters. The van der Waals surface area contributed by atoms with Gasteiger partial charge in [0.25, 0.3) is 0 Å². The summed E-state index contributed by atoms with van der Waals surface area (Å²) in [5, 5.41) is 0. The van der Waals surface area contributed by atoms with Crippen molar-refractivity contribution in [2.45, 2.75) is 34.6 Å². The predicted octanol–water partition coefficient (Wildman–Crippen LogP) is 4.53. The first-order chi connectivity index (χ1) is 7.52. The molecule has 0 heterocycles. The zero-order valence-corrected chi connectivity index (χ0v) is 10.8. The lowest BCUT2D eigenvalue weighted by atomic mass is 9.89. The summed E-state index contributed by atoms with van der Waals surface area (Å²) < 4.78 is 0. The summed E-state index contributed by atoms with van der Waals surface area (Å²) >= 11 is 0. The van der Waals surface area contributed by atoms with E-state index in [1.807, 2.05) is 0 Å². The largest absolute Gasteiger partial charge is 0.0686 e. The molecule has 0 aromatic carbocycles. The maximum absolute atomic E-state index is 3.50. The molecule has 0 aromatic heterocycles. The van der Waals surface area contributed by atoms with Gasteiger partial charge in [0, 0.05) is 5.92 Å². The Kier molecular flexibility index (Phi) is 2.75. The van der Waals surface area contributed by atoms with Crippen molar-refractivity contribution in [1.82, 2.24) is 0 Å². The van der Waals surface area contributed by atoms with Crippen molar-refractivity contribution in [3.63, 3.8) is 0 Å². The van der Waals surface area contributed by atoms with E-state index in [1.165, 1.54) is 33.4 Å². The smallest absolute Gasteiger partial charge is 0.00756 e. The highest BCUT2D eigenvalue weighted by Crippen LogP contribution is 2.40. The molecule has 2 aliphatic rings. The van der Waals surface area contributed by atoms with Crippen LogP contribution in [0.3, 0.4) is 0 Å².